The number of hydrogen-bond donors (Lipinski definition) is 1. The van der Waals surface area contributed by atoms with E-state index in [9.17, 15) is 5.11 Å². The Bertz CT molecular complexity index is 943. The summed E-state index contributed by atoms with van der Waals surface area (Å²) in [4.78, 5) is 6.36. The molecule has 0 bridgehead atoms. The van der Waals surface area contributed by atoms with Crippen molar-refractivity contribution in [3.63, 3.8) is 0 Å². The lowest BCUT2D eigenvalue weighted by molar-refractivity contribution is -0.0555. The summed E-state index contributed by atoms with van der Waals surface area (Å²) in [5.74, 6) is 0.496. The number of aromatic hydroxyl groups is 1. The third-order valence-corrected chi connectivity index (χ3v) is 5.73. The van der Waals surface area contributed by atoms with Gasteiger partial charge in [0.15, 0.2) is 5.76 Å². The zero-order valence-electron chi connectivity index (χ0n) is 15.1. The predicted molar refractivity (Wildman–Crippen MR) is 102 cm³/mol. The highest BCUT2D eigenvalue weighted by atomic mass is 16.5. The molecule has 5 heteroatoms. The lowest BCUT2D eigenvalue weighted by atomic mass is 9.84. The van der Waals surface area contributed by atoms with Gasteiger partial charge in [0, 0.05) is 19.5 Å². The first-order chi connectivity index (χ1) is 13.2. The first-order valence-electron chi connectivity index (χ1n) is 9.43. The van der Waals surface area contributed by atoms with Crippen LogP contribution >= 0.6 is 0 Å². The van der Waals surface area contributed by atoms with Crippen molar-refractivity contribution in [3.05, 3.63) is 77.0 Å². The quantitative estimate of drug-likeness (QED) is 0.763. The molecule has 1 saturated heterocycles. The van der Waals surface area contributed by atoms with Crippen LogP contribution in [0.25, 0.3) is 0 Å². The smallest absolute Gasteiger partial charge is 0.300 e. The lowest BCUT2D eigenvalue weighted by Crippen LogP contribution is -2.42. The van der Waals surface area contributed by atoms with Crippen molar-refractivity contribution >= 4 is 6.01 Å². The van der Waals surface area contributed by atoms with Gasteiger partial charge in [-0.25, -0.2) is 0 Å². The van der Waals surface area contributed by atoms with E-state index in [-0.39, 0.29) is 11.5 Å². The zero-order chi connectivity index (χ0) is 18.3. The summed E-state index contributed by atoms with van der Waals surface area (Å²) in [6.45, 7) is 2.27. The minimum Gasteiger partial charge on any atom is -0.491 e. The van der Waals surface area contributed by atoms with Gasteiger partial charge < -0.3 is 19.2 Å². The second kappa shape index (κ2) is 6.43. The van der Waals surface area contributed by atoms with Crippen molar-refractivity contribution in [2.75, 3.05) is 18.0 Å². The van der Waals surface area contributed by atoms with Crippen LogP contribution in [0.4, 0.5) is 6.01 Å². The van der Waals surface area contributed by atoms with Crippen molar-refractivity contribution in [1.82, 2.24) is 4.98 Å². The summed E-state index contributed by atoms with van der Waals surface area (Å²) in [6.07, 6.45) is 2.32. The van der Waals surface area contributed by atoms with Crippen LogP contribution in [0.3, 0.4) is 0 Å². The molecule has 0 saturated carbocycles. The van der Waals surface area contributed by atoms with E-state index in [2.05, 4.69) is 34.1 Å². The van der Waals surface area contributed by atoms with Gasteiger partial charge in [0.25, 0.3) is 5.88 Å². The summed E-state index contributed by atoms with van der Waals surface area (Å²) in [6, 6.07) is 19.0. The molecule has 5 rings (SSSR count). The Kier molecular flexibility index (Phi) is 3.90. The molecule has 1 aromatic heterocycles. The number of piperidine rings is 1. The largest absolute Gasteiger partial charge is 0.491 e. The Morgan fingerprint density at radius 1 is 1.00 bits per heavy atom. The predicted octanol–water partition coefficient (Wildman–Crippen LogP) is 4.00. The van der Waals surface area contributed by atoms with Crippen LogP contribution in [0.1, 0.15) is 35.3 Å². The fourth-order valence-electron chi connectivity index (χ4n) is 4.22. The molecule has 27 heavy (non-hydrogen) atoms. The maximum absolute atomic E-state index is 10.2. The standard InChI is InChI=1S/C22H22N2O3/c25-20-19(14-16-6-2-1-3-7-16)27-21(23-20)24-12-10-22(11-13-24)18-9-5-4-8-17(18)15-26-22/h1-9,25H,10-15H2. The first-order valence-corrected chi connectivity index (χ1v) is 9.43. The number of ether oxygens (including phenoxy) is 1. The van der Waals surface area contributed by atoms with Gasteiger partial charge in [-0.3, -0.25) is 0 Å². The summed E-state index contributed by atoms with van der Waals surface area (Å²) in [5.41, 5.74) is 3.52. The molecule has 5 nitrogen and oxygen atoms in total. The fourth-order valence-corrected chi connectivity index (χ4v) is 4.22. The van der Waals surface area contributed by atoms with E-state index in [0.717, 1.165) is 31.5 Å². The molecule has 1 fully saturated rings. The topological polar surface area (TPSA) is 58.7 Å². The van der Waals surface area contributed by atoms with E-state index in [0.29, 0.717) is 24.8 Å². The molecule has 0 unspecified atom stereocenters. The van der Waals surface area contributed by atoms with Gasteiger partial charge in [-0.15, -0.1) is 0 Å². The van der Waals surface area contributed by atoms with Gasteiger partial charge in [0.05, 0.1) is 12.2 Å². The van der Waals surface area contributed by atoms with Gasteiger partial charge in [0.2, 0.25) is 0 Å². The van der Waals surface area contributed by atoms with E-state index in [1.807, 2.05) is 30.3 Å². The van der Waals surface area contributed by atoms with E-state index < -0.39 is 0 Å². The second-order valence-corrected chi connectivity index (χ2v) is 7.33. The van der Waals surface area contributed by atoms with Gasteiger partial charge in [-0.1, -0.05) is 54.6 Å². The molecule has 1 N–H and O–H groups in total. The van der Waals surface area contributed by atoms with Crippen LogP contribution in [-0.2, 0) is 23.4 Å². The fraction of sp³-hybridized carbons (Fsp3) is 0.318. The molecule has 3 heterocycles. The van der Waals surface area contributed by atoms with E-state index >= 15 is 0 Å². The minimum atomic E-state index is -0.186. The van der Waals surface area contributed by atoms with Crippen molar-refractivity contribution in [1.29, 1.82) is 0 Å². The molecular formula is C22H22N2O3. The molecule has 0 atom stereocenters. The SMILES string of the molecule is Oc1nc(N2CCC3(CC2)OCc2ccccc23)oc1Cc1ccccc1. The lowest BCUT2D eigenvalue weighted by Gasteiger charge is -2.38. The van der Waals surface area contributed by atoms with Crippen LogP contribution in [-0.4, -0.2) is 23.2 Å². The third kappa shape index (κ3) is 2.88. The Balaban J connectivity index is 1.31. The molecule has 0 aliphatic carbocycles. The van der Waals surface area contributed by atoms with Crippen LogP contribution in [0.5, 0.6) is 5.88 Å². The maximum atomic E-state index is 10.2. The molecule has 138 valence electrons. The molecule has 0 amide bonds. The van der Waals surface area contributed by atoms with Gasteiger partial charge in [-0.05, 0) is 29.5 Å². The third-order valence-electron chi connectivity index (χ3n) is 5.73. The monoisotopic (exact) mass is 362 g/mol. The minimum absolute atomic E-state index is 0.0170. The summed E-state index contributed by atoms with van der Waals surface area (Å²) in [5, 5.41) is 10.2. The Hall–Kier alpha value is -2.79. The number of rotatable bonds is 3. The molecule has 0 radical (unpaired) electrons. The highest BCUT2D eigenvalue weighted by Crippen LogP contribution is 2.44. The summed E-state index contributed by atoms with van der Waals surface area (Å²) >= 11 is 0. The first kappa shape index (κ1) is 16.4. The number of anilines is 1. The Morgan fingerprint density at radius 3 is 2.56 bits per heavy atom. The number of benzene rings is 2. The van der Waals surface area contributed by atoms with Gasteiger partial charge in [-0.2, -0.15) is 4.98 Å². The molecule has 1 spiro atoms. The van der Waals surface area contributed by atoms with Crippen LogP contribution in [0, 0.1) is 0 Å². The van der Waals surface area contributed by atoms with E-state index in [1.54, 1.807) is 0 Å². The van der Waals surface area contributed by atoms with Gasteiger partial charge in [0.1, 0.15) is 0 Å². The molecule has 2 aliphatic heterocycles. The zero-order valence-corrected chi connectivity index (χ0v) is 15.1. The molecule has 3 aromatic rings. The van der Waals surface area contributed by atoms with E-state index in [1.165, 1.54) is 11.1 Å². The Morgan fingerprint density at radius 2 is 1.74 bits per heavy atom. The average molecular weight is 362 g/mol. The molecule has 2 aliphatic rings. The number of aromatic nitrogens is 1. The Labute approximate surface area is 158 Å². The van der Waals surface area contributed by atoms with Crippen molar-refractivity contribution in [2.24, 2.45) is 0 Å². The molecule has 2 aromatic carbocycles. The van der Waals surface area contributed by atoms with Crippen molar-refractivity contribution in [3.8, 4) is 5.88 Å². The average Bonchev–Trinajstić information content (AvgIpc) is 3.25. The van der Waals surface area contributed by atoms with Crippen LogP contribution < -0.4 is 4.90 Å². The number of hydrogen-bond acceptors (Lipinski definition) is 5. The summed E-state index contributed by atoms with van der Waals surface area (Å²) < 4.78 is 12.1. The number of oxazole rings is 1. The number of nitrogens with zero attached hydrogens (tertiary/aromatic N) is 2. The van der Waals surface area contributed by atoms with Crippen LogP contribution in [0.15, 0.2) is 59.0 Å². The van der Waals surface area contributed by atoms with Gasteiger partial charge >= 0.3 is 6.01 Å². The highest BCUT2D eigenvalue weighted by molar-refractivity contribution is 5.40. The van der Waals surface area contributed by atoms with Crippen molar-refractivity contribution < 1.29 is 14.3 Å². The maximum Gasteiger partial charge on any atom is 0.300 e. The van der Waals surface area contributed by atoms with Crippen LogP contribution in [0.2, 0.25) is 0 Å². The highest BCUT2D eigenvalue weighted by Gasteiger charge is 2.43. The van der Waals surface area contributed by atoms with Crippen molar-refractivity contribution in [2.45, 2.75) is 31.5 Å². The normalized spacial score (nSPS) is 18.0. The van der Waals surface area contributed by atoms with E-state index in [4.69, 9.17) is 9.15 Å². The summed E-state index contributed by atoms with van der Waals surface area (Å²) in [7, 11) is 0. The molecular weight excluding hydrogens is 340 g/mol. The second-order valence-electron chi connectivity index (χ2n) is 7.33. The number of fused-ring (bicyclic) bond motifs is 2.